The Balaban J connectivity index is 2.37. The minimum atomic E-state index is 0.252. The molecule has 0 saturated heterocycles. The fourth-order valence-corrected chi connectivity index (χ4v) is 2.03. The maximum atomic E-state index is 5.66. The van der Waals surface area contributed by atoms with Gasteiger partial charge in [-0.1, -0.05) is 6.92 Å². The summed E-state index contributed by atoms with van der Waals surface area (Å²) in [5.41, 5.74) is 5.66. The van der Waals surface area contributed by atoms with E-state index in [1.165, 1.54) is 0 Å². The molecule has 0 aliphatic rings. The molecular weight excluding hydrogens is 196 g/mol. The molecule has 80 valence electrons. The van der Waals surface area contributed by atoms with Crippen molar-refractivity contribution in [1.82, 2.24) is 14.8 Å². The lowest BCUT2D eigenvalue weighted by Gasteiger charge is -2.05. The van der Waals surface area contributed by atoms with Crippen molar-refractivity contribution in [2.75, 3.05) is 5.75 Å². The molecule has 0 amide bonds. The summed E-state index contributed by atoms with van der Waals surface area (Å²) in [5, 5.41) is 4.16. The van der Waals surface area contributed by atoms with Crippen molar-refractivity contribution < 1.29 is 0 Å². The van der Waals surface area contributed by atoms with Crippen LogP contribution in [0.1, 0.15) is 26.1 Å². The predicted octanol–water partition coefficient (Wildman–Crippen LogP) is 1.27. The highest BCUT2D eigenvalue weighted by Crippen LogP contribution is 2.10. The van der Waals surface area contributed by atoms with Crippen LogP contribution in [-0.4, -0.2) is 26.6 Å². The minimum Gasteiger partial charge on any atom is -0.327 e. The Hall–Kier alpha value is -0.550. The van der Waals surface area contributed by atoms with E-state index in [9.17, 15) is 0 Å². The third-order valence-corrected chi connectivity index (χ3v) is 2.97. The number of nitrogens with zero attached hydrogens (tertiary/aromatic N) is 3. The van der Waals surface area contributed by atoms with Gasteiger partial charge < -0.3 is 5.73 Å². The van der Waals surface area contributed by atoms with Gasteiger partial charge >= 0.3 is 0 Å². The molecule has 0 aliphatic carbocycles. The van der Waals surface area contributed by atoms with Crippen LogP contribution >= 0.6 is 11.8 Å². The fraction of sp³-hybridized carbons (Fsp3) is 0.778. The van der Waals surface area contributed by atoms with Gasteiger partial charge in [0.1, 0.15) is 12.2 Å². The van der Waals surface area contributed by atoms with E-state index in [-0.39, 0.29) is 6.04 Å². The largest absolute Gasteiger partial charge is 0.327 e. The van der Waals surface area contributed by atoms with Crippen molar-refractivity contribution in [3.63, 3.8) is 0 Å². The first-order chi connectivity index (χ1) is 6.74. The van der Waals surface area contributed by atoms with E-state index in [2.05, 4.69) is 17.0 Å². The molecule has 1 aromatic heterocycles. The number of thioether (sulfide) groups is 1. The summed E-state index contributed by atoms with van der Waals surface area (Å²) in [6, 6.07) is 0.252. The van der Waals surface area contributed by atoms with E-state index in [0.717, 1.165) is 30.3 Å². The first-order valence-corrected chi connectivity index (χ1v) is 6.09. The van der Waals surface area contributed by atoms with E-state index in [4.69, 9.17) is 5.73 Å². The lowest BCUT2D eigenvalue weighted by molar-refractivity contribution is 0.581. The second-order valence-corrected chi connectivity index (χ2v) is 4.42. The van der Waals surface area contributed by atoms with Gasteiger partial charge in [0.05, 0.1) is 5.75 Å². The number of rotatable bonds is 6. The molecule has 1 unspecified atom stereocenters. The van der Waals surface area contributed by atoms with Gasteiger partial charge in [-0.25, -0.2) is 9.67 Å². The van der Waals surface area contributed by atoms with Gasteiger partial charge in [-0.2, -0.15) is 16.9 Å². The van der Waals surface area contributed by atoms with Gasteiger partial charge in [0.25, 0.3) is 0 Å². The van der Waals surface area contributed by atoms with Crippen LogP contribution in [0.2, 0.25) is 0 Å². The molecule has 0 aliphatic heterocycles. The number of hydrogen-bond acceptors (Lipinski definition) is 4. The molecule has 2 N–H and O–H groups in total. The standard InChI is InChI=1S/C9H18N4S/c1-3-4-13-9(11-7-12-13)6-14-5-8(2)10/h7-8H,3-6,10H2,1-2H3. The topological polar surface area (TPSA) is 56.7 Å². The molecule has 4 nitrogen and oxygen atoms in total. The zero-order valence-corrected chi connectivity index (χ0v) is 9.63. The monoisotopic (exact) mass is 214 g/mol. The molecular formula is C9H18N4S. The second kappa shape index (κ2) is 6.03. The highest BCUT2D eigenvalue weighted by atomic mass is 32.2. The van der Waals surface area contributed by atoms with Crippen LogP contribution < -0.4 is 5.73 Å². The van der Waals surface area contributed by atoms with Crippen molar-refractivity contribution >= 4 is 11.8 Å². The molecule has 1 rings (SSSR count). The molecule has 1 aromatic rings. The number of hydrogen-bond donors (Lipinski definition) is 1. The predicted molar refractivity (Wildman–Crippen MR) is 60.1 cm³/mol. The van der Waals surface area contributed by atoms with E-state index in [1.54, 1.807) is 6.33 Å². The average Bonchev–Trinajstić information content (AvgIpc) is 2.53. The summed E-state index contributed by atoms with van der Waals surface area (Å²) in [6.07, 6.45) is 2.71. The third kappa shape index (κ3) is 3.67. The molecule has 14 heavy (non-hydrogen) atoms. The van der Waals surface area contributed by atoms with Gasteiger partial charge in [-0.3, -0.25) is 0 Å². The Kier molecular flexibility index (Phi) is 4.97. The fourth-order valence-electron chi connectivity index (χ4n) is 1.13. The van der Waals surface area contributed by atoms with Gasteiger partial charge in [0.2, 0.25) is 0 Å². The van der Waals surface area contributed by atoms with Crippen LogP contribution in [-0.2, 0) is 12.3 Å². The van der Waals surface area contributed by atoms with Gasteiger partial charge in [-0.15, -0.1) is 0 Å². The normalized spacial score (nSPS) is 13.1. The number of aryl methyl sites for hydroxylation is 1. The lowest BCUT2D eigenvalue weighted by Crippen LogP contribution is -2.17. The van der Waals surface area contributed by atoms with E-state index in [0.29, 0.717) is 0 Å². The minimum absolute atomic E-state index is 0.252. The molecule has 0 bridgehead atoms. The molecule has 0 saturated carbocycles. The van der Waals surface area contributed by atoms with Crippen LogP contribution in [0, 0.1) is 0 Å². The molecule has 0 radical (unpaired) electrons. The molecule has 1 atom stereocenters. The van der Waals surface area contributed by atoms with Gasteiger partial charge in [-0.05, 0) is 13.3 Å². The summed E-state index contributed by atoms with van der Waals surface area (Å²) in [4.78, 5) is 4.22. The summed E-state index contributed by atoms with van der Waals surface area (Å²) < 4.78 is 1.97. The van der Waals surface area contributed by atoms with Gasteiger partial charge in [0, 0.05) is 18.3 Å². The lowest BCUT2D eigenvalue weighted by atomic mass is 10.4. The van der Waals surface area contributed by atoms with Crippen molar-refractivity contribution in [1.29, 1.82) is 0 Å². The Morgan fingerprint density at radius 1 is 1.64 bits per heavy atom. The smallest absolute Gasteiger partial charge is 0.138 e. The average molecular weight is 214 g/mol. The molecule has 0 fully saturated rings. The maximum absolute atomic E-state index is 5.66. The Labute approximate surface area is 89.3 Å². The van der Waals surface area contributed by atoms with Crippen molar-refractivity contribution in [2.24, 2.45) is 5.73 Å². The van der Waals surface area contributed by atoms with Crippen molar-refractivity contribution in [3.8, 4) is 0 Å². The van der Waals surface area contributed by atoms with E-state index < -0.39 is 0 Å². The Morgan fingerprint density at radius 2 is 2.43 bits per heavy atom. The van der Waals surface area contributed by atoms with Crippen molar-refractivity contribution in [2.45, 2.75) is 38.6 Å². The van der Waals surface area contributed by atoms with Crippen LogP contribution in [0.4, 0.5) is 0 Å². The quantitative estimate of drug-likeness (QED) is 0.774. The zero-order valence-electron chi connectivity index (χ0n) is 8.81. The summed E-state index contributed by atoms with van der Waals surface area (Å²) in [7, 11) is 0. The van der Waals surface area contributed by atoms with Crippen LogP contribution in [0.25, 0.3) is 0 Å². The Morgan fingerprint density at radius 3 is 3.07 bits per heavy atom. The zero-order chi connectivity index (χ0) is 10.4. The number of aromatic nitrogens is 3. The SMILES string of the molecule is CCCn1ncnc1CSCC(C)N. The third-order valence-electron chi connectivity index (χ3n) is 1.74. The first-order valence-electron chi connectivity index (χ1n) is 4.94. The molecule has 1 heterocycles. The second-order valence-electron chi connectivity index (χ2n) is 3.39. The number of nitrogens with two attached hydrogens (primary N) is 1. The Bertz CT molecular complexity index is 259. The first kappa shape index (κ1) is 11.5. The summed E-state index contributed by atoms with van der Waals surface area (Å²) >= 11 is 1.81. The van der Waals surface area contributed by atoms with Crippen LogP contribution in [0.5, 0.6) is 0 Å². The van der Waals surface area contributed by atoms with E-state index >= 15 is 0 Å². The highest BCUT2D eigenvalue weighted by molar-refractivity contribution is 7.98. The summed E-state index contributed by atoms with van der Waals surface area (Å²) in [5.74, 6) is 2.93. The van der Waals surface area contributed by atoms with Crippen molar-refractivity contribution in [3.05, 3.63) is 12.2 Å². The summed E-state index contributed by atoms with van der Waals surface area (Å²) in [6.45, 7) is 5.11. The highest BCUT2D eigenvalue weighted by Gasteiger charge is 2.03. The molecule has 5 heteroatoms. The molecule has 0 spiro atoms. The van der Waals surface area contributed by atoms with Crippen LogP contribution in [0.15, 0.2) is 6.33 Å². The maximum Gasteiger partial charge on any atom is 0.138 e. The van der Waals surface area contributed by atoms with Gasteiger partial charge in [0.15, 0.2) is 0 Å². The molecule has 0 aromatic carbocycles. The van der Waals surface area contributed by atoms with Crippen LogP contribution in [0.3, 0.4) is 0 Å². The van der Waals surface area contributed by atoms with E-state index in [1.807, 2.05) is 23.4 Å².